The first-order valence-corrected chi connectivity index (χ1v) is 3.03. The number of thiocarbonyl (C=S) groups is 2. The molecule has 0 aromatic rings. The monoisotopic (exact) mass is 223 g/mol. The molecule has 0 heterocycles. The van der Waals surface area contributed by atoms with Crippen LogP contribution in [0.3, 0.4) is 0 Å². The molecular formula is C4H14N3NaO2S2. The molecule has 0 atom stereocenters. The summed E-state index contributed by atoms with van der Waals surface area (Å²) in [5, 5.41) is 0.176. The summed E-state index contributed by atoms with van der Waals surface area (Å²) in [6, 6.07) is 0. The maximum atomic E-state index is 4.80. The first kappa shape index (κ1) is 22.8. The molecule has 0 aromatic heterocycles. The largest absolute Gasteiger partial charge is 1.00 e. The minimum absolute atomic E-state index is 0. The summed E-state index contributed by atoms with van der Waals surface area (Å²) < 4.78 is 8.52. The van der Waals surface area contributed by atoms with Crippen molar-refractivity contribution in [2.75, 3.05) is 14.2 Å². The average molecular weight is 223 g/mol. The molecule has 0 saturated carbocycles. The number of ether oxygens (including phenoxy) is 2. The standard InChI is InChI=1S/2C2H5NOS.H3N.Na.H/c2*1-4-2(3)5;;;/h2*1H3,(H2,3,5);1H3;;/q;;;+1;-1. The van der Waals surface area contributed by atoms with Gasteiger partial charge in [-0.2, -0.15) is 0 Å². The van der Waals surface area contributed by atoms with Gasteiger partial charge in [0, 0.05) is 0 Å². The Hall–Kier alpha value is 0.340. The fourth-order valence-corrected chi connectivity index (χ4v) is 0. The number of hydrogen-bond acceptors (Lipinski definition) is 5. The number of methoxy groups -OCH3 is 2. The van der Waals surface area contributed by atoms with Crippen molar-refractivity contribution < 1.29 is 40.5 Å². The molecule has 0 spiro atoms. The van der Waals surface area contributed by atoms with Crippen molar-refractivity contribution in [3.8, 4) is 0 Å². The number of rotatable bonds is 0. The summed E-state index contributed by atoms with van der Waals surface area (Å²) in [6.45, 7) is 0. The Balaban J connectivity index is -0.0000000267. The molecule has 0 fully saturated rings. The molecule has 0 aliphatic carbocycles. The van der Waals surface area contributed by atoms with Gasteiger partial charge in [-0.15, -0.1) is 0 Å². The Morgan fingerprint density at radius 3 is 1.17 bits per heavy atom. The van der Waals surface area contributed by atoms with E-state index >= 15 is 0 Å². The second-order valence-electron chi connectivity index (χ2n) is 1.05. The molecule has 0 saturated heterocycles. The SMILES string of the molecule is COC(N)=S.COC(N)=S.N.[H-].[Na+]. The fraction of sp³-hybridized carbons (Fsp3) is 0.500. The zero-order chi connectivity index (χ0) is 8.57. The molecule has 0 radical (unpaired) electrons. The first-order chi connectivity index (χ1) is 4.54. The molecule has 0 aliphatic rings. The third-order valence-electron chi connectivity index (χ3n) is 0.402. The van der Waals surface area contributed by atoms with Crippen LogP contribution < -0.4 is 47.2 Å². The van der Waals surface area contributed by atoms with Gasteiger partial charge in [-0.05, 0) is 24.4 Å². The van der Waals surface area contributed by atoms with Crippen LogP contribution in [0, 0.1) is 0 Å². The van der Waals surface area contributed by atoms with Crippen molar-refractivity contribution in [2.45, 2.75) is 0 Å². The summed E-state index contributed by atoms with van der Waals surface area (Å²) in [5.41, 5.74) is 9.60. The number of nitrogens with two attached hydrogens (primary N) is 2. The van der Waals surface area contributed by atoms with Crippen LogP contribution in [-0.4, -0.2) is 24.6 Å². The molecule has 7 N–H and O–H groups in total. The van der Waals surface area contributed by atoms with Gasteiger partial charge in [0.1, 0.15) is 0 Å². The van der Waals surface area contributed by atoms with Crippen LogP contribution in [-0.2, 0) is 9.47 Å². The average Bonchev–Trinajstić information content (AvgIpc) is 1.89. The number of hydrogen-bond donors (Lipinski definition) is 3. The van der Waals surface area contributed by atoms with E-state index in [0.717, 1.165) is 0 Å². The molecule has 5 nitrogen and oxygen atoms in total. The van der Waals surface area contributed by atoms with Crippen LogP contribution in [0.4, 0.5) is 0 Å². The molecular weight excluding hydrogens is 209 g/mol. The van der Waals surface area contributed by atoms with Gasteiger partial charge in [-0.3, -0.25) is 0 Å². The molecule has 0 rings (SSSR count). The normalized spacial score (nSPS) is 5.50. The van der Waals surface area contributed by atoms with E-state index in [1.54, 1.807) is 0 Å². The Labute approximate surface area is 106 Å². The van der Waals surface area contributed by atoms with Gasteiger partial charge < -0.3 is 28.5 Å². The topological polar surface area (TPSA) is 106 Å². The van der Waals surface area contributed by atoms with Crippen molar-refractivity contribution in [3.63, 3.8) is 0 Å². The summed E-state index contributed by atoms with van der Waals surface area (Å²) in [6.07, 6.45) is 0. The van der Waals surface area contributed by atoms with Crippen LogP contribution in [0.5, 0.6) is 0 Å². The van der Waals surface area contributed by atoms with Crippen molar-refractivity contribution in [1.82, 2.24) is 6.15 Å². The van der Waals surface area contributed by atoms with E-state index in [2.05, 4.69) is 33.9 Å². The van der Waals surface area contributed by atoms with Crippen LogP contribution in [0.1, 0.15) is 1.43 Å². The Kier molecular flexibility index (Phi) is 33.1. The minimum Gasteiger partial charge on any atom is -1.00 e. The summed E-state index contributed by atoms with van der Waals surface area (Å²) >= 11 is 8.50. The van der Waals surface area contributed by atoms with Crippen molar-refractivity contribution in [3.05, 3.63) is 0 Å². The third kappa shape index (κ3) is 47.9. The second-order valence-corrected chi connectivity index (χ2v) is 1.85. The Morgan fingerprint density at radius 1 is 1.08 bits per heavy atom. The second kappa shape index (κ2) is 17.4. The summed E-state index contributed by atoms with van der Waals surface area (Å²) in [5.74, 6) is 0. The first-order valence-electron chi connectivity index (χ1n) is 2.21. The molecule has 8 heteroatoms. The molecule has 12 heavy (non-hydrogen) atoms. The maximum absolute atomic E-state index is 4.80. The van der Waals surface area contributed by atoms with Gasteiger partial charge in [-0.1, -0.05) is 0 Å². The zero-order valence-corrected chi connectivity index (χ0v) is 11.1. The van der Waals surface area contributed by atoms with Crippen LogP contribution in [0.2, 0.25) is 0 Å². The van der Waals surface area contributed by atoms with Gasteiger partial charge in [-0.25, -0.2) is 0 Å². The predicted octanol–water partition coefficient (Wildman–Crippen LogP) is -2.97. The van der Waals surface area contributed by atoms with Crippen LogP contribution in [0.25, 0.3) is 0 Å². The Morgan fingerprint density at radius 2 is 1.17 bits per heavy atom. The van der Waals surface area contributed by atoms with Crippen molar-refractivity contribution in [1.29, 1.82) is 0 Å². The van der Waals surface area contributed by atoms with Crippen LogP contribution >= 0.6 is 24.4 Å². The minimum atomic E-state index is 0. The van der Waals surface area contributed by atoms with Crippen molar-refractivity contribution in [2.24, 2.45) is 11.5 Å². The van der Waals surface area contributed by atoms with E-state index in [0.29, 0.717) is 0 Å². The van der Waals surface area contributed by atoms with Crippen LogP contribution in [0.15, 0.2) is 0 Å². The molecule has 0 amide bonds. The zero-order valence-electron chi connectivity index (χ0n) is 8.49. The predicted molar refractivity (Wildman–Crippen MR) is 53.7 cm³/mol. The summed E-state index contributed by atoms with van der Waals surface area (Å²) in [7, 11) is 2.87. The molecule has 70 valence electrons. The molecule has 0 aromatic carbocycles. The van der Waals surface area contributed by atoms with Gasteiger partial charge in [0.15, 0.2) is 0 Å². The van der Waals surface area contributed by atoms with E-state index in [1.807, 2.05) is 0 Å². The molecule has 0 aliphatic heterocycles. The molecule has 0 bridgehead atoms. The maximum Gasteiger partial charge on any atom is 1.00 e. The van der Waals surface area contributed by atoms with Gasteiger partial charge in [0.05, 0.1) is 14.2 Å². The third-order valence-corrected chi connectivity index (χ3v) is 0.736. The van der Waals surface area contributed by atoms with Gasteiger partial charge in [0.2, 0.25) is 0 Å². The fourth-order valence-electron chi connectivity index (χ4n) is 0. The smallest absolute Gasteiger partial charge is 1.00 e. The van der Waals surface area contributed by atoms with Gasteiger partial charge >= 0.3 is 29.6 Å². The van der Waals surface area contributed by atoms with E-state index in [9.17, 15) is 0 Å². The van der Waals surface area contributed by atoms with E-state index in [1.165, 1.54) is 14.2 Å². The Bertz CT molecular complexity index is 116. The molecule has 0 unspecified atom stereocenters. The van der Waals surface area contributed by atoms with E-state index in [4.69, 9.17) is 11.5 Å². The van der Waals surface area contributed by atoms with Crippen molar-refractivity contribution >= 4 is 34.8 Å². The van der Waals surface area contributed by atoms with E-state index < -0.39 is 0 Å². The van der Waals surface area contributed by atoms with Gasteiger partial charge in [0.25, 0.3) is 10.3 Å². The quantitative estimate of drug-likeness (QED) is 0.297. The van der Waals surface area contributed by atoms with E-state index in [-0.39, 0.29) is 47.5 Å². The summed E-state index contributed by atoms with van der Waals surface area (Å²) in [4.78, 5) is 0.